The summed E-state index contributed by atoms with van der Waals surface area (Å²) < 4.78 is 43.3. The van der Waals surface area contributed by atoms with Crippen molar-refractivity contribution in [2.24, 2.45) is 0 Å². The van der Waals surface area contributed by atoms with Gasteiger partial charge in [-0.25, -0.2) is 0 Å². The molecule has 0 aromatic heterocycles. The topological polar surface area (TPSA) is 29.5 Å². The highest BCUT2D eigenvalue weighted by atomic mass is 32.2. The lowest BCUT2D eigenvalue weighted by Crippen LogP contribution is -2.08. The van der Waals surface area contributed by atoms with Crippen molar-refractivity contribution in [3.8, 4) is 0 Å². The first-order valence-electron chi connectivity index (χ1n) is 5.41. The summed E-state index contributed by atoms with van der Waals surface area (Å²) in [5, 5.41) is 8.87. The average molecular weight is 280 g/mol. The first kappa shape index (κ1) is 15.3. The van der Waals surface area contributed by atoms with E-state index in [1.807, 2.05) is 0 Å². The molecular weight excluding hydrogens is 265 g/mol. The molecule has 18 heavy (non-hydrogen) atoms. The zero-order chi connectivity index (χ0) is 13.6. The molecule has 1 aromatic rings. The van der Waals surface area contributed by atoms with Crippen molar-refractivity contribution in [3.63, 3.8) is 0 Å². The summed E-state index contributed by atoms with van der Waals surface area (Å²) in [7, 11) is 1.56. The van der Waals surface area contributed by atoms with Crippen LogP contribution in [0, 0.1) is 0 Å². The number of benzene rings is 1. The SMILES string of the molecule is COCCCSc1ccc(CO)cc1C(F)(F)F. The zero-order valence-electron chi connectivity index (χ0n) is 9.96. The van der Waals surface area contributed by atoms with Crippen LogP contribution in [-0.4, -0.2) is 24.6 Å². The van der Waals surface area contributed by atoms with Gasteiger partial charge in [0.1, 0.15) is 0 Å². The van der Waals surface area contributed by atoms with Gasteiger partial charge in [0.25, 0.3) is 0 Å². The predicted molar refractivity (Wildman–Crippen MR) is 64.6 cm³/mol. The Bertz CT molecular complexity index is 380. The van der Waals surface area contributed by atoms with Gasteiger partial charge in [0.2, 0.25) is 0 Å². The van der Waals surface area contributed by atoms with Crippen LogP contribution in [0.25, 0.3) is 0 Å². The normalized spacial score (nSPS) is 11.8. The number of aliphatic hydroxyl groups excluding tert-OH is 1. The minimum absolute atomic E-state index is 0.191. The van der Waals surface area contributed by atoms with Gasteiger partial charge < -0.3 is 9.84 Å². The third-order valence-electron chi connectivity index (χ3n) is 2.28. The average Bonchev–Trinajstić information content (AvgIpc) is 2.33. The van der Waals surface area contributed by atoms with Crippen molar-refractivity contribution in [1.29, 1.82) is 0 Å². The van der Waals surface area contributed by atoms with E-state index in [-0.39, 0.29) is 10.5 Å². The van der Waals surface area contributed by atoms with Crippen molar-refractivity contribution >= 4 is 11.8 Å². The van der Waals surface area contributed by atoms with Crippen molar-refractivity contribution in [2.45, 2.75) is 24.1 Å². The van der Waals surface area contributed by atoms with Gasteiger partial charge in [0, 0.05) is 24.4 Å². The number of thioether (sulfide) groups is 1. The maximum atomic E-state index is 12.8. The molecule has 0 saturated heterocycles. The lowest BCUT2D eigenvalue weighted by molar-refractivity contribution is -0.139. The fraction of sp³-hybridized carbons (Fsp3) is 0.500. The number of methoxy groups -OCH3 is 1. The van der Waals surface area contributed by atoms with Gasteiger partial charge in [-0.3, -0.25) is 0 Å². The van der Waals surface area contributed by atoms with Crippen molar-refractivity contribution in [2.75, 3.05) is 19.5 Å². The Morgan fingerprint density at radius 1 is 1.33 bits per heavy atom. The second-order valence-corrected chi connectivity index (χ2v) is 4.82. The molecule has 0 heterocycles. The van der Waals surface area contributed by atoms with E-state index in [1.165, 1.54) is 12.1 Å². The molecule has 1 aromatic carbocycles. The fourth-order valence-corrected chi connectivity index (χ4v) is 2.38. The van der Waals surface area contributed by atoms with Crippen LogP contribution in [0.15, 0.2) is 23.1 Å². The molecule has 0 atom stereocenters. The van der Waals surface area contributed by atoms with Gasteiger partial charge in [0.05, 0.1) is 12.2 Å². The second kappa shape index (κ2) is 7.01. The van der Waals surface area contributed by atoms with Crippen LogP contribution in [0.5, 0.6) is 0 Å². The van der Waals surface area contributed by atoms with E-state index in [2.05, 4.69) is 0 Å². The maximum absolute atomic E-state index is 12.8. The van der Waals surface area contributed by atoms with E-state index in [9.17, 15) is 13.2 Å². The Kier molecular flexibility index (Phi) is 5.98. The second-order valence-electron chi connectivity index (χ2n) is 3.68. The standard InChI is InChI=1S/C12H15F3O2S/c1-17-5-2-6-18-11-4-3-9(8-16)7-10(11)12(13,14)15/h3-4,7,16H,2,5-6,8H2,1H3. The molecule has 0 aliphatic carbocycles. The van der Waals surface area contributed by atoms with Crippen LogP contribution >= 0.6 is 11.8 Å². The van der Waals surface area contributed by atoms with Gasteiger partial charge in [-0.1, -0.05) is 6.07 Å². The van der Waals surface area contributed by atoms with Crippen LogP contribution in [0.1, 0.15) is 17.5 Å². The third kappa shape index (κ3) is 4.51. The highest BCUT2D eigenvalue weighted by Gasteiger charge is 2.33. The van der Waals surface area contributed by atoms with Gasteiger partial charge >= 0.3 is 6.18 Å². The molecule has 102 valence electrons. The first-order valence-corrected chi connectivity index (χ1v) is 6.40. The minimum atomic E-state index is -4.39. The molecule has 6 heteroatoms. The van der Waals surface area contributed by atoms with E-state index in [0.717, 1.165) is 17.8 Å². The zero-order valence-corrected chi connectivity index (χ0v) is 10.8. The Morgan fingerprint density at radius 2 is 2.06 bits per heavy atom. The summed E-state index contributed by atoms with van der Waals surface area (Å²) in [5.41, 5.74) is -0.417. The summed E-state index contributed by atoms with van der Waals surface area (Å²) in [5.74, 6) is 0.565. The molecule has 0 unspecified atom stereocenters. The molecule has 1 rings (SSSR count). The maximum Gasteiger partial charge on any atom is 0.417 e. The highest BCUT2D eigenvalue weighted by molar-refractivity contribution is 7.99. The van der Waals surface area contributed by atoms with Crippen molar-refractivity contribution in [3.05, 3.63) is 29.3 Å². The molecule has 2 nitrogen and oxygen atoms in total. The number of halogens is 3. The number of ether oxygens (including phenoxy) is 1. The van der Waals surface area contributed by atoms with Crippen LogP contribution in [-0.2, 0) is 17.5 Å². The molecule has 0 saturated carbocycles. The van der Waals surface area contributed by atoms with E-state index >= 15 is 0 Å². The summed E-state index contributed by atoms with van der Waals surface area (Å²) in [6.45, 7) is 0.140. The minimum Gasteiger partial charge on any atom is -0.392 e. The number of hydrogen-bond acceptors (Lipinski definition) is 3. The Morgan fingerprint density at radius 3 is 2.61 bits per heavy atom. The van der Waals surface area contributed by atoms with Gasteiger partial charge in [-0.15, -0.1) is 11.8 Å². The summed E-state index contributed by atoms with van der Waals surface area (Å²) >= 11 is 1.15. The summed E-state index contributed by atoms with van der Waals surface area (Å²) in [6.07, 6.45) is -3.70. The molecular formula is C12H15F3O2S. The molecule has 0 fully saturated rings. The van der Waals surface area contributed by atoms with E-state index < -0.39 is 18.3 Å². The highest BCUT2D eigenvalue weighted by Crippen LogP contribution is 2.37. The number of alkyl halides is 3. The van der Waals surface area contributed by atoms with E-state index in [0.29, 0.717) is 18.8 Å². The third-order valence-corrected chi connectivity index (χ3v) is 3.44. The lowest BCUT2D eigenvalue weighted by Gasteiger charge is -2.13. The van der Waals surface area contributed by atoms with Gasteiger partial charge in [-0.05, 0) is 24.1 Å². The lowest BCUT2D eigenvalue weighted by atomic mass is 10.1. The van der Waals surface area contributed by atoms with Crippen LogP contribution < -0.4 is 0 Å². The summed E-state index contributed by atoms with van der Waals surface area (Å²) in [4.78, 5) is 0.191. The van der Waals surface area contributed by atoms with E-state index in [4.69, 9.17) is 9.84 Å². The quantitative estimate of drug-likeness (QED) is 0.640. The Hall–Kier alpha value is -0.720. The van der Waals surface area contributed by atoms with Crippen molar-refractivity contribution in [1.82, 2.24) is 0 Å². The molecule has 0 spiro atoms. The number of aliphatic hydroxyl groups is 1. The molecule has 0 radical (unpaired) electrons. The molecule has 0 aliphatic heterocycles. The largest absolute Gasteiger partial charge is 0.417 e. The predicted octanol–water partition coefficient (Wildman–Crippen LogP) is 3.33. The number of hydrogen-bond donors (Lipinski definition) is 1. The smallest absolute Gasteiger partial charge is 0.392 e. The Balaban J connectivity index is 2.82. The summed E-state index contributed by atoms with van der Waals surface area (Å²) in [6, 6.07) is 3.92. The van der Waals surface area contributed by atoms with Crippen LogP contribution in [0.2, 0.25) is 0 Å². The van der Waals surface area contributed by atoms with Gasteiger partial charge in [0.15, 0.2) is 0 Å². The van der Waals surface area contributed by atoms with Crippen LogP contribution in [0.4, 0.5) is 13.2 Å². The molecule has 0 amide bonds. The number of rotatable bonds is 6. The molecule has 1 N–H and O–H groups in total. The monoisotopic (exact) mass is 280 g/mol. The fourth-order valence-electron chi connectivity index (χ4n) is 1.41. The molecule has 0 bridgehead atoms. The van der Waals surface area contributed by atoms with E-state index in [1.54, 1.807) is 7.11 Å². The Labute approximate surface area is 108 Å². The van der Waals surface area contributed by atoms with Crippen molar-refractivity contribution < 1.29 is 23.0 Å². The van der Waals surface area contributed by atoms with Gasteiger partial charge in [-0.2, -0.15) is 13.2 Å². The first-order chi connectivity index (χ1) is 8.49. The molecule has 0 aliphatic rings. The van der Waals surface area contributed by atoms with Crippen LogP contribution in [0.3, 0.4) is 0 Å².